The summed E-state index contributed by atoms with van der Waals surface area (Å²) in [6.07, 6.45) is 3.93. The smallest absolute Gasteiger partial charge is 0.0149 e. The summed E-state index contributed by atoms with van der Waals surface area (Å²) >= 11 is 0. The van der Waals surface area contributed by atoms with E-state index in [1.54, 1.807) is 5.57 Å². The Morgan fingerprint density at radius 3 is 2.45 bits per heavy atom. The molecule has 11 heavy (non-hydrogen) atoms. The molecule has 3 rings (SSSR count). The molecule has 0 N–H and O–H groups in total. The van der Waals surface area contributed by atoms with E-state index in [4.69, 9.17) is 0 Å². The van der Waals surface area contributed by atoms with Gasteiger partial charge in [-0.1, -0.05) is 32.4 Å². The molecule has 0 heteroatoms. The van der Waals surface area contributed by atoms with E-state index in [1.165, 1.54) is 6.42 Å². The molecule has 1 fully saturated rings. The Bertz CT molecular complexity index is 210. The summed E-state index contributed by atoms with van der Waals surface area (Å²) in [4.78, 5) is 0. The first-order valence-corrected chi connectivity index (χ1v) is 4.72. The number of hydrogen-bond acceptors (Lipinski definition) is 0. The van der Waals surface area contributed by atoms with Crippen molar-refractivity contribution in [3.8, 4) is 0 Å². The summed E-state index contributed by atoms with van der Waals surface area (Å²) in [6.45, 7) is 9.53. The molecule has 0 amide bonds. The Morgan fingerprint density at radius 2 is 2.09 bits per heavy atom. The summed E-state index contributed by atoms with van der Waals surface area (Å²) in [5.74, 6) is 2.70. The van der Waals surface area contributed by atoms with Crippen LogP contribution in [0.4, 0.5) is 0 Å². The number of allylic oxidation sites excluding steroid dienone is 2. The molecule has 1 saturated carbocycles. The van der Waals surface area contributed by atoms with Crippen molar-refractivity contribution in [1.29, 1.82) is 0 Å². The zero-order chi connectivity index (χ0) is 8.22. The van der Waals surface area contributed by atoms with Gasteiger partial charge in [-0.05, 0) is 36.5 Å². The van der Waals surface area contributed by atoms with Crippen molar-refractivity contribution in [3.05, 3.63) is 11.6 Å². The summed E-state index contributed by atoms with van der Waals surface area (Å²) in [5.41, 5.74) is 2.25. The predicted molar refractivity (Wildman–Crippen MR) is 48.3 cm³/mol. The van der Waals surface area contributed by atoms with Crippen LogP contribution < -0.4 is 0 Å². The Kier molecular flexibility index (Phi) is 1.28. The maximum absolute atomic E-state index is 2.48. The molecule has 0 spiro atoms. The zero-order valence-electron chi connectivity index (χ0n) is 8.02. The Morgan fingerprint density at radius 1 is 1.45 bits per heavy atom. The summed E-state index contributed by atoms with van der Waals surface area (Å²) in [7, 11) is 0. The van der Waals surface area contributed by atoms with Gasteiger partial charge in [0.25, 0.3) is 0 Å². The van der Waals surface area contributed by atoms with Crippen molar-refractivity contribution in [2.24, 2.45) is 23.2 Å². The third kappa shape index (κ3) is 0.758. The normalized spacial score (nSPS) is 46.2. The molecule has 0 aromatic rings. The molecule has 0 nitrogen and oxygen atoms in total. The molecule has 3 atom stereocenters. The monoisotopic (exact) mass is 150 g/mol. The van der Waals surface area contributed by atoms with Crippen molar-refractivity contribution in [1.82, 2.24) is 0 Å². The first-order valence-electron chi connectivity index (χ1n) is 4.72. The fraction of sp³-hybridized carbons (Fsp3) is 0.818. The highest BCUT2D eigenvalue weighted by Crippen LogP contribution is 2.60. The summed E-state index contributed by atoms with van der Waals surface area (Å²) < 4.78 is 0. The topological polar surface area (TPSA) is 0 Å². The van der Waals surface area contributed by atoms with Gasteiger partial charge in [0.2, 0.25) is 0 Å². The lowest BCUT2D eigenvalue weighted by Crippen LogP contribution is -2.50. The molecule has 0 aromatic heterocycles. The van der Waals surface area contributed by atoms with E-state index >= 15 is 0 Å². The molecule has 0 heterocycles. The van der Waals surface area contributed by atoms with Gasteiger partial charge in [-0.25, -0.2) is 0 Å². The van der Waals surface area contributed by atoms with Gasteiger partial charge in [0.15, 0.2) is 0 Å². The second-order valence-corrected chi connectivity index (χ2v) is 4.99. The number of rotatable bonds is 0. The van der Waals surface area contributed by atoms with Crippen LogP contribution in [0.15, 0.2) is 11.6 Å². The van der Waals surface area contributed by atoms with Crippen molar-refractivity contribution >= 4 is 0 Å². The second kappa shape index (κ2) is 1.91. The maximum Gasteiger partial charge on any atom is -0.0149 e. The van der Waals surface area contributed by atoms with Crippen LogP contribution in [-0.2, 0) is 0 Å². The summed E-state index contributed by atoms with van der Waals surface area (Å²) in [5, 5.41) is 0. The van der Waals surface area contributed by atoms with Gasteiger partial charge < -0.3 is 0 Å². The molecule has 0 aromatic carbocycles. The highest BCUT2D eigenvalue weighted by Gasteiger charge is 2.52. The molecule has 2 bridgehead atoms. The van der Waals surface area contributed by atoms with Crippen molar-refractivity contribution in [3.63, 3.8) is 0 Å². The standard InChI is InChI=1S/C11H18/c1-7-5-8(2)10-6-9(7)11(10,3)4/h5,7,9-10H,6H2,1-4H3/t7-,9+,10-/m0/s1. The fourth-order valence-corrected chi connectivity index (χ4v) is 3.27. The van der Waals surface area contributed by atoms with Crippen LogP contribution in [0.1, 0.15) is 34.1 Å². The minimum Gasteiger partial charge on any atom is -0.0822 e. The number of hydrogen-bond donors (Lipinski definition) is 0. The maximum atomic E-state index is 2.48. The third-order valence-electron chi connectivity index (χ3n) is 4.05. The number of fused-ring (bicyclic) bond motifs is 1. The van der Waals surface area contributed by atoms with Gasteiger partial charge >= 0.3 is 0 Å². The van der Waals surface area contributed by atoms with E-state index in [1.807, 2.05) is 0 Å². The van der Waals surface area contributed by atoms with Crippen LogP contribution in [0.5, 0.6) is 0 Å². The summed E-state index contributed by atoms with van der Waals surface area (Å²) in [6, 6.07) is 0. The largest absolute Gasteiger partial charge is 0.0822 e. The molecule has 0 aliphatic heterocycles. The molecule has 3 aliphatic rings. The van der Waals surface area contributed by atoms with Gasteiger partial charge in [-0.3, -0.25) is 0 Å². The fourth-order valence-electron chi connectivity index (χ4n) is 3.27. The Labute approximate surface area is 69.7 Å². The van der Waals surface area contributed by atoms with Crippen molar-refractivity contribution in [2.45, 2.75) is 34.1 Å². The first kappa shape index (κ1) is 7.39. The lowest BCUT2D eigenvalue weighted by Gasteiger charge is -2.58. The van der Waals surface area contributed by atoms with Crippen LogP contribution in [0, 0.1) is 23.2 Å². The van der Waals surface area contributed by atoms with E-state index in [-0.39, 0.29) is 0 Å². The van der Waals surface area contributed by atoms with Gasteiger partial charge in [0.1, 0.15) is 0 Å². The second-order valence-electron chi connectivity index (χ2n) is 4.99. The molecule has 62 valence electrons. The van der Waals surface area contributed by atoms with Gasteiger partial charge in [-0.2, -0.15) is 0 Å². The molecular formula is C11H18. The van der Waals surface area contributed by atoms with Crippen LogP contribution in [-0.4, -0.2) is 0 Å². The van der Waals surface area contributed by atoms with E-state index in [2.05, 4.69) is 33.8 Å². The van der Waals surface area contributed by atoms with E-state index in [0.717, 1.165) is 17.8 Å². The Hall–Kier alpha value is -0.260. The average molecular weight is 150 g/mol. The lowest BCUT2D eigenvalue weighted by molar-refractivity contribution is -0.0343. The van der Waals surface area contributed by atoms with Crippen LogP contribution in [0.3, 0.4) is 0 Å². The average Bonchev–Trinajstić information content (AvgIpc) is 1.84. The lowest BCUT2D eigenvalue weighted by atomic mass is 9.46. The molecule has 0 unspecified atom stereocenters. The van der Waals surface area contributed by atoms with Gasteiger partial charge in [-0.15, -0.1) is 0 Å². The quantitative estimate of drug-likeness (QED) is 0.465. The van der Waals surface area contributed by atoms with Crippen molar-refractivity contribution in [2.75, 3.05) is 0 Å². The molecule has 3 aliphatic carbocycles. The predicted octanol–water partition coefficient (Wildman–Crippen LogP) is 3.24. The highest BCUT2D eigenvalue weighted by molar-refractivity contribution is 5.23. The van der Waals surface area contributed by atoms with Crippen molar-refractivity contribution < 1.29 is 0 Å². The van der Waals surface area contributed by atoms with E-state index in [9.17, 15) is 0 Å². The first-order chi connectivity index (χ1) is 5.03. The van der Waals surface area contributed by atoms with Gasteiger partial charge in [0, 0.05) is 0 Å². The van der Waals surface area contributed by atoms with Crippen LogP contribution in [0.25, 0.3) is 0 Å². The molecular weight excluding hydrogens is 132 g/mol. The molecule has 0 radical (unpaired) electrons. The highest BCUT2D eigenvalue weighted by atomic mass is 14.6. The van der Waals surface area contributed by atoms with Gasteiger partial charge in [0.05, 0.1) is 0 Å². The minimum atomic E-state index is 0.609. The Balaban J connectivity index is 2.34. The zero-order valence-corrected chi connectivity index (χ0v) is 8.02. The minimum absolute atomic E-state index is 0.609. The van der Waals surface area contributed by atoms with E-state index in [0.29, 0.717) is 5.41 Å². The SMILES string of the molecule is CC1=C[C@H](C)[C@H]2C[C@@H]1C2(C)C. The van der Waals surface area contributed by atoms with Crippen LogP contribution in [0.2, 0.25) is 0 Å². The van der Waals surface area contributed by atoms with Crippen LogP contribution >= 0.6 is 0 Å². The molecule has 0 saturated heterocycles. The van der Waals surface area contributed by atoms with E-state index < -0.39 is 0 Å². The third-order valence-corrected chi connectivity index (χ3v) is 4.05.